The molecule has 2 aromatic rings. The third-order valence-corrected chi connectivity index (χ3v) is 4.96. The van der Waals surface area contributed by atoms with Crippen molar-refractivity contribution in [2.75, 3.05) is 13.6 Å². The quantitative estimate of drug-likeness (QED) is 0.846. The predicted octanol–water partition coefficient (Wildman–Crippen LogP) is 2.88. The van der Waals surface area contributed by atoms with E-state index in [4.69, 9.17) is 5.73 Å². The standard InChI is InChI=1S/C19H25FN4O/c1-24(18(25)19(21)9-2-3-10-19)11-5-8-16-13-17(23-22-16)14-6-4-7-15(20)12-14/h4,6-7,12-13H,2-3,5,8-11,21H2,1H3,(H,22,23). The first kappa shape index (κ1) is 17.6. The molecule has 25 heavy (non-hydrogen) atoms. The van der Waals surface area contributed by atoms with Gasteiger partial charge in [-0.05, 0) is 43.9 Å². The Bertz CT molecular complexity index is 737. The number of nitrogens with one attached hydrogen (secondary N) is 1. The fourth-order valence-corrected chi connectivity index (χ4v) is 3.49. The van der Waals surface area contributed by atoms with Gasteiger partial charge in [-0.2, -0.15) is 5.10 Å². The van der Waals surface area contributed by atoms with E-state index in [0.717, 1.165) is 55.5 Å². The van der Waals surface area contributed by atoms with E-state index in [2.05, 4.69) is 10.2 Å². The van der Waals surface area contributed by atoms with Crippen LogP contribution in [-0.4, -0.2) is 40.1 Å². The third kappa shape index (κ3) is 4.07. The fraction of sp³-hybridized carbons (Fsp3) is 0.474. The van der Waals surface area contributed by atoms with Gasteiger partial charge in [0, 0.05) is 24.8 Å². The van der Waals surface area contributed by atoms with Crippen LogP contribution in [0.3, 0.4) is 0 Å². The summed E-state index contributed by atoms with van der Waals surface area (Å²) >= 11 is 0. The molecule has 5 nitrogen and oxygen atoms in total. The van der Waals surface area contributed by atoms with Gasteiger partial charge in [0.2, 0.25) is 5.91 Å². The summed E-state index contributed by atoms with van der Waals surface area (Å²) in [5.74, 6) is -0.222. The van der Waals surface area contributed by atoms with E-state index in [1.807, 2.05) is 19.2 Å². The van der Waals surface area contributed by atoms with Crippen LogP contribution in [0, 0.1) is 5.82 Å². The number of nitrogens with two attached hydrogens (primary N) is 1. The van der Waals surface area contributed by atoms with Crippen LogP contribution < -0.4 is 5.73 Å². The SMILES string of the molecule is CN(CCCc1cc(-c2cccc(F)c2)n[nH]1)C(=O)C1(N)CCCC1. The predicted molar refractivity (Wildman–Crippen MR) is 95.3 cm³/mol. The molecule has 1 fully saturated rings. The average molecular weight is 344 g/mol. The smallest absolute Gasteiger partial charge is 0.242 e. The minimum absolute atomic E-state index is 0.0510. The molecule has 1 aromatic carbocycles. The van der Waals surface area contributed by atoms with Gasteiger partial charge in [0.25, 0.3) is 0 Å². The molecule has 6 heteroatoms. The average Bonchev–Trinajstić information content (AvgIpc) is 3.24. The number of hydrogen-bond acceptors (Lipinski definition) is 3. The maximum atomic E-state index is 13.3. The minimum Gasteiger partial charge on any atom is -0.344 e. The summed E-state index contributed by atoms with van der Waals surface area (Å²) in [6, 6.07) is 8.31. The van der Waals surface area contributed by atoms with E-state index in [-0.39, 0.29) is 11.7 Å². The molecular formula is C19H25FN4O. The van der Waals surface area contributed by atoms with Crippen molar-refractivity contribution in [3.05, 3.63) is 41.8 Å². The number of benzene rings is 1. The van der Waals surface area contributed by atoms with Crippen LogP contribution >= 0.6 is 0 Å². The summed E-state index contributed by atoms with van der Waals surface area (Å²) in [5.41, 5.74) is 8.02. The fourth-order valence-electron chi connectivity index (χ4n) is 3.49. The maximum absolute atomic E-state index is 13.3. The second kappa shape index (κ2) is 7.35. The zero-order valence-electron chi connectivity index (χ0n) is 14.6. The number of carbonyl (C=O) groups is 1. The molecule has 3 rings (SSSR count). The summed E-state index contributed by atoms with van der Waals surface area (Å²) in [5, 5.41) is 7.23. The van der Waals surface area contributed by atoms with Crippen molar-refractivity contribution in [2.24, 2.45) is 5.73 Å². The van der Waals surface area contributed by atoms with Crippen LogP contribution in [0.4, 0.5) is 4.39 Å². The Labute approximate surface area is 147 Å². The Balaban J connectivity index is 1.52. The highest BCUT2D eigenvalue weighted by Crippen LogP contribution is 2.28. The first-order valence-electron chi connectivity index (χ1n) is 8.83. The van der Waals surface area contributed by atoms with Crippen LogP contribution in [0.2, 0.25) is 0 Å². The van der Waals surface area contributed by atoms with Gasteiger partial charge >= 0.3 is 0 Å². The summed E-state index contributed by atoms with van der Waals surface area (Å²) < 4.78 is 13.3. The van der Waals surface area contributed by atoms with Crippen molar-refractivity contribution in [2.45, 2.75) is 44.1 Å². The van der Waals surface area contributed by atoms with E-state index in [1.165, 1.54) is 12.1 Å². The molecule has 0 aliphatic heterocycles. The molecule has 1 aromatic heterocycles. The number of aromatic amines is 1. The highest BCUT2D eigenvalue weighted by atomic mass is 19.1. The van der Waals surface area contributed by atoms with Gasteiger partial charge in [0.1, 0.15) is 5.82 Å². The molecule has 0 radical (unpaired) electrons. The molecule has 0 unspecified atom stereocenters. The lowest BCUT2D eigenvalue weighted by atomic mass is 9.97. The molecule has 0 bridgehead atoms. The molecular weight excluding hydrogens is 319 g/mol. The molecule has 0 atom stereocenters. The number of aromatic nitrogens is 2. The Kier molecular flexibility index (Phi) is 5.18. The van der Waals surface area contributed by atoms with Crippen LogP contribution in [0.5, 0.6) is 0 Å². The first-order chi connectivity index (χ1) is 12.0. The second-order valence-corrected chi connectivity index (χ2v) is 6.98. The van der Waals surface area contributed by atoms with Gasteiger partial charge in [-0.3, -0.25) is 9.89 Å². The number of H-pyrrole nitrogens is 1. The number of aryl methyl sites for hydroxylation is 1. The lowest BCUT2D eigenvalue weighted by Gasteiger charge is -2.28. The number of halogens is 1. The van der Waals surface area contributed by atoms with Gasteiger partial charge in [-0.25, -0.2) is 4.39 Å². The molecule has 3 N–H and O–H groups in total. The number of nitrogens with zero attached hydrogens (tertiary/aromatic N) is 2. The van der Waals surface area contributed by atoms with E-state index in [1.54, 1.807) is 11.0 Å². The highest BCUT2D eigenvalue weighted by Gasteiger charge is 2.38. The van der Waals surface area contributed by atoms with Gasteiger partial charge in [0.15, 0.2) is 0 Å². The number of carbonyl (C=O) groups excluding carboxylic acids is 1. The first-order valence-corrected chi connectivity index (χ1v) is 8.83. The Morgan fingerprint density at radius 3 is 2.84 bits per heavy atom. The van der Waals surface area contributed by atoms with Crippen molar-refractivity contribution in [1.82, 2.24) is 15.1 Å². The Morgan fingerprint density at radius 2 is 2.12 bits per heavy atom. The molecule has 1 heterocycles. The Hall–Kier alpha value is -2.21. The zero-order chi connectivity index (χ0) is 17.9. The van der Waals surface area contributed by atoms with Gasteiger partial charge in [-0.15, -0.1) is 0 Å². The summed E-state index contributed by atoms with van der Waals surface area (Å²) in [7, 11) is 1.82. The Morgan fingerprint density at radius 1 is 1.36 bits per heavy atom. The highest BCUT2D eigenvalue weighted by molar-refractivity contribution is 5.86. The van der Waals surface area contributed by atoms with Gasteiger partial charge in [0.05, 0.1) is 11.2 Å². The largest absolute Gasteiger partial charge is 0.344 e. The monoisotopic (exact) mass is 344 g/mol. The number of hydrogen-bond donors (Lipinski definition) is 2. The van der Waals surface area contributed by atoms with Crippen molar-refractivity contribution < 1.29 is 9.18 Å². The molecule has 1 aliphatic rings. The summed E-state index contributed by atoms with van der Waals surface area (Å²) in [4.78, 5) is 14.2. The normalized spacial score (nSPS) is 16.1. The zero-order valence-corrected chi connectivity index (χ0v) is 14.6. The van der Waals surface area contributed by atoms with Gasteiger partial charge < -0.3 is 10.6 Å². The van der Waals surface area contributed by atoms with Crippen molar-refractivity contribution >= 4 is 5.91 Å². The third-order valence-electron chi connectivity index (χ3n) is 4.96. The lowest BCUT2D eigenvalue weighted by Crippen LogP contribution is -2.52. The second-order valence-electron chi connectivity index (χ2n) is 6.98. The van der Waals surface area contributed by atoms with Gasteiger partial charge in [-0.1, -0.05) is 25.0 Å². The molecule has 1 saturated carbocycles. The van der Waals surface area contributed by atoms with E-state index in [9.17, 15) is 9.18 Å². The molecule has 1 amide bonds. The van der Waals surface area contributed by atoms with Crippen molar-refractivity contribution in [1.29, 1.82) is 0 Å². The van der Waals surface area contributed by atoms with Crippen LogP contribution in [0.1, 0.15) is 37.8 Å². The molecule has 0 saturated heterocycles. The minimum atomic E-state index is -0.659. The molecule has 0 spiro atoms. The van der Waals surface area contributed by atoms with E-state index < -0.39 is 5.54 Å². The topological polar surface area (TPSA) is 75.0 Å². The van der Waals surface area contributed by atoms with Crippen molar-refractivity contribution in [3.63, 3.8) is 0 Å². The number of amides is 1. The molecule has 1 aliphatic carbocycles. The molecule has 134 valence electrons. The van der Waals surface area contributed by atoms with Crippen LogP contribution in [-0.2, 0) is 11.2 Å². The summed E-state index contributed by atoms with van der Waals surface area (Å²) in [6.45, 7) is 0.659. The van der Waals surface area contributed by atoms with Crippen LogP contribution in [0.15, 0.2) is 30.3 Å². The number of rotatable bonds is 6. The van der Waals surface area contributed by atoms with Crippen molar-refractivity contribution in [3.8, 4) is 11.3 Å². The van der Waals surface area contributed by atoms with E-state index in [0.29, 0.717) is 6.54 Å². The summed E-state index contributed by atoms with van der Waals surface area (Å²) in [6.07, 6.45) is 5.24. The number of likely N-dealkylation sites (N-methyl/N-ethyl adjacent to an activating group) is 1. The van der Waals surface area contributed by atoms with E-state index >= 15 is 0 Å². The van der Waals surface area contributed by atoms with Crippen LogP contribution in [0.25, 0.3) is 11.3 Å². The lowest BCUT2D eigenvalue weighted by molar-refractivity contribution is -0.135. The maximum Gasteiger partial charge on any atom is 0.242 e.